The first kappa shape index (κ1) is 26.0. The molecule has 0 bridgehead atoms. The van der Waals surface area contributed by atoms with Crippen LogP contribution in [0.3, 0.4) is 0 Å². The highest BCUT2D eigenvalue weighted by Crippen LogP contribution is 2.39. The van der Waals surface area contributed by atoms with Crippen LogP contribution < -0.4 is 15.8 Å². The predicted octanol–water partition coefficient (Wildman–Crippen LogP) is 4.95. The molecule has 198 valence electrons. The van der Waals surface area contributed by atoms with Gasteiger partial charge in [0.15, 0.2) is 11.6 Å². The summed E-state index contributed by atoms with van der Waals surface area (Å²) in [5.74, 6) is -3.35. The summed E-state index contributed by atoms with van der Waals surface area (Å²) in [6, 6.07) is 16.1. The summed E-state index contributed by atoms with van der Waals surface area (Å²) >= 11 is 1.42. The monoisotopic (exact) mass is 545 g/mol. The molecule has 5 rings (SSSR count). The van der Waals surface area contributed by atoms with E-state index in [0.29, 0.717) is 30.1 Å². The second kappa shape index (κ2) is 11.4. The number of primary amides is 1. The first-order chi connectivity index (χ1) is 18.9. The first-order valence-corrected chi connectivity index (χ1v) is 12.8. The number of nitrogens with one attached hydrogen (secondary N) is 1. The fourth-order valence-corrected chi connectivity index (χ4v) is 5.03. The number of amides is 2. The van der Waals surface area contributed by atoms with Crippen molar-refractivity contribution in [1.29, 1.82) is 0 Å². The lowest BCUT2D eigenvalue weighted by molar-refractivity contribution is -0.127. The number of pyridine rings is 1. The highest BCUT2D eigenvalue weighted by atomic mass is 32.1. The van der Waals surface area contributed by atoms with Crippen LogP contribution in [0.25, 0.3) is 20.8 Å². The summed E-state index contributed by atoms with van der Waals surface area (Å²) < 4.78 is 28.9. The molecular weight excluding hydrogens is 521 g/mol. The lowest BCUT2D eigenvalue weighted by Crippen LogP contribution is -2.32. The molecule has 1 unspecified atom stereocenters. The number of rotatable bonds is 10. The molecule has 3 aromatic heterocycles. The molecule has 11 heteroatoms. The fourth-order valence-electron chi connectivity index (χ4n) is 4.01. The van der Waals surface area contributed by atoms with E-state index >= 15 is 4.39 Å². The third kappa shape index (κ3) is 5.79. The molecule has 0 aliphatic rings. The Hall–Kier alpha value is -4.61. The molecule has 0 aliphatic carbocycles. The van der Waals surface area contributed by atoms with Crippen molar-refractivity contribution < 1.29 is 23.5 Å². The first-order valence-electron chi connectivity index (χ1n) is 11.9. The molecule has 2 aromatic carbocycles. The molecule has 5 aromatic rings. The zero-order chi connectivity index (χ0) is 27.4. The molecule has 3 heterocycles. The Balaban J connectivity index is 1.38. The van der Waals surface area contributed by atoms with Crippen molar-refractivity contribution in [3.8, 4) is 22.1 Å². The van der Waals surface area contributed by atoms with Gasteiger partial charge in [-0.2, -0.15) is 0 Å². The molecule has 39 heavy (non-hydrogen) atoms. The number of imidazole rings is 1. The zero-order valence-corrected chi connectivity index (χ0v) is 21.7. The third-order valence-corrected chi connectivity index (χ3v) is 7.07. The number of carbonyl (C=O) groups excluding carboxylic acids is 2. The Morgan fingerprint density at radius 2 is 1.92 bits per heavy atom. The van der Waals surface area contributed by atoms with Crippen molar-refractivity contribution in [1.82, 2.24) is 14.5 Å². The highest BCUT2D eigenvalue weighted by molar-refractivity contribution is 7.22. The summed E-state index contributed by atoms with van der Waals surface area (Å²) in [6.45, 7) is 1.25. The fraction of sp³-hybridized carbons (Fsp3) is 0.143. The predicted molar refractivity (Wildman–Crippen MR) is 146 cm³/mol. The number of hydrogen-bond acceptors (Lipinski definition) is 7. The van der Waals surface area contributed by atoms with Crippen molar-refractivity contribution in [2.24, 2.45) is 5.73 Å². The van der Waals surface area contributed by atoms with Crippen LogP contribution in [0.15, 0.2) is 79.4 Å². The second-order valence-electron chi connectivity index (χ2n) is 8.61. The Labute approximate surface area is 227 Å². The lowest BCUT2D eigenvalue weighted by Gasteiger charge is -2.15. The summed E-state index contributed by atoms with van der Waals surface area (Å²) in [5.41, 5.74) is 7.57. The van der Waals surface area contributed by atoms with Gasteiger partial charge in [0.25, 0.3) is 0 Å². The molecule has 0 spiro atoms. The summed E-state index contributed by atoms with van der Waals surface area (Å²) in [5, 5.41) is 2.63. The zero-order valence-electron chi connectivity index (χ0n) is 20.8. The SMILES string of the molecule is COCCn1cnc(-c2cc3nccc(Oc4ccc(C(C(N)=O)C(=O)Nc5ccccc5)cc4F)c3s2)c1. The van der Waals surface area contributed by atoms with Crippen molar-refractivity contribution in [3.05, 3.63) is 90.8 Å². The van der Waals surface area contributed by atoms with Gasteiger partial charge in [-0.05, 0) is 35.9 Å². The Morgan fingerprint density at radius 3 is 2.67 bits per heavy atom. The van der Waals surface area contributed by atoms with E-state index in [4.69, 9.17) is 15.2 Å². The van der Waals surface area contributed by atoms with Crippen LogP contribution in [0, 0.1) is 5.82 Å². The molecule has 3 N–H and O–H groups in total. The largest absolute Gasteiger partial charge is 0.453 e. The van der Waals surface area contributed by atoms with Crippen LogP contribution in [-0.4, -0.2) is 40.1 Å². The minimum Gasteiger partial charge on any atom is -0.453 e. The van der Waals surface area contributed by atoms with E-state index in [0.717, 1.165) is 21.3 Å². The lowest BCUT2D eigenvalue weighted by atomic mass is 9.97. The maximum atomic E-state index is 15.2. The van der Waals surface area contributed by atoms with Crippen LogP contribution in [-0.2, 0) is 20.9 Å². The van der Waals surface area contributed by atoms with Gasteiger partial charge in [-0.3, -0.25) is 14.6 Å². The molecule has 1 atom stereocenters. The molecule has 0 fully saturated rings. The maximum absolute atomic E-state index is 15.2. The van der Waals surface area contributed by atoms with Crippen molar-refractivity contribution in [2.45, 2.75) is 12.5 Å². The van der Waals surface area contributed by atoms with E-state index in [2.05, 4.69) is 15.3 Å². The number of nitrogens with zero attached hydrogens (tertiary/aromatic N) is 3. The van der Waals surface area contributed by atoms with Gasteiger partial charge in [0.05, 0.1) is 33.7 Å². The molecule has 0 saturated heterocycles. The molecule has 9 nitrogen and oxygen atoms in total. The van der Waals surface area contributed by atoms with Gasteiger partial charge < -0.3 is 25.1 Å². The van der Waals surface area contributed by atoms with Crippen LogP contribution in [0.5, 0.6) is 11.5 Å². The van der Waals surface area contributed by atoms with Crippen molar-refractivity contribution in [2.75, 3.05) is 19.0 Å². The molecule has 2 amide bonds. The van der Waals surface area contributed by atoms with Gasteiger partial charge >= 0.3 is 0 Å². The number of methoxy groups -OCH3 is 1. The van der Waals surface area contributed by atoms with E-state index in [-0.39, 0.29) is 11.3 Å². The Kier molecular flexibility index (Phi) is 7.62. The summed E-state index contributed by atoms with van der Waals surface area (Å²) in [4.78, 5) is 34.7. The normalized spacial score (nSPS) is 11.8. The van der Waals surface area contributed by atoms with Gasteiger partial charge in [0.1, 0.15) is 11.7 Å². The number of benzene rings is 2. The molecule has 0 aliphatic heterocycles. The second-order valence-corrected chi connectivity index (χ2v) is 9.66. The van der Waals surface area contributed by atoms with E-state index in [9.17, 15) is 9.59 Å². The number of hydrogen-bond donors (Lipinski definition) is 2. The number of aromatic nitrogens is 3. The number of halogens is 1. The molecule has 0 saturated carbocycles. The van der Waals surface area contributed by atoms with Gasteiger partial charge in [0, 0.05) is 37.8 Å². The number of para-hydroxylation sites is 1. The van der Waals surface area contributed by atoms with E-state index in [1.807, 2.05) is 16.8 Å². The summed E-state index contributed by atoms with van der Waals surface area (Å²) in [6.07, 6.45) is 5.24. The number of anilines is 1. The van der Waals surface area contributed by atoms with E-state index < -0.39 is 23.5 Å². The number of ether oxygens (including phenoxy) is 2. The van der Waals surface area contributed by atoms with Gasteiger partial charge in [-0.1, -0.05) is 24.3 Å². The minimum atomic E-state index is -1.38. The molecule has 0 radical (unpaired) electrons. The van der Waals surface area contributed by atoms with Crippen molar-refractivity contribution in [3.63, 3.8) is 0 Å². The van der Waals surface area contributed by atoms with E-state index in [1.54, 1.807) is 56.0 Å². The topological polar surface area (TPSA) is 121 Å². The number of thiophene rings is 1. The average Bonchev–Trinajstić information content (AvgIpc) is 3.57. The van der Waals surface area contributed by atoms with Gasteiger partial charge in [0.2, 0.25) is 11.8 Å². The van der Waals surface area contributed by atoms with E-state index in [1.165, 1.54) is 23.5 Å². The highest BCUT2D eigenvalue weighted by Gasteiger charge is 2.28. The van der Waals surface area contributed by atoms with Crippen LogP contribution >= 0.6 is 11.3 Å². The smallest absolute Gasteiger partial charge is 0.241 e. The summed E-state index contributed by atoms with van der Waals surface area (Å²) in [7, 11) is 1.65. The maximum Gasteiger partial charge on any atom is 0.241 e. The quantitative estimate of drug-likeness (QED) is 0.240. The Bertz CT molecular complexity index is 1640. The van der Waals surface area contributed by atoms with Crippen molar-refractivity contribution >= 4 is 39.1 Å². The average molecular weight is 546 g/mol. The van der Waals surface area contributed by atoms with Crippen LogP contribution in [0.2, 0.25) is 0 Å². The van der Waals surface area contributed by atoms with Gasteiger partial charge in [-0.15, -0.1) is 11.3 Å². The standard InChI is InChI=1S/C28H24FN5O4S/c1-37-12-11-34-15-21(32-16-34)24-14-20-26(39-24)23(9-10-31-20)38-22-8-7-17(13-19(22)29)25(27(30)35)28(36)33-18-5-3-2-4-6-18/h2-10,13-16,25H,11-12H2,1H3,(H2,30,35)(H,33,36). The minimum absolute atomic E-state index is 0.0725. The van der Waals surface area contributed by atoms with Gasteiger partial charge in [-0.25, -0.2) is 9.37 Å². The number of nitrogens with two attached hydrogens (primary N) is 1. The third-order valence-electron chi connectivity index (χ3n) is 5.91. The van der Waals surface area contributed by atoms with Crippen LogP contribution in [0.1, 0.15) is 11.5 Å². The Morgan fingerprint density at radius 1 is 1.10 bits per heavy atom. The molecular formula is C28H24FN5O4S. The number of carbonyl (C=O) groups is 2. The van der Waals surface area contributed by atoms with Crippen LogP contribution in [0.4, 0.5) is 10.1 Å². The number of fused-ring (bicyclic) bond motifs is 1.